The summed E-state index contributed by atoms with van der Waals surface area (Å²) in [5.41, 5.74) is 2.28. The molecule has 0 spiro atoms. The molecule has 0 radical (unpaired) electrons. The third-order valence-corrected chi connectivity index (χ3v) is 4.21. The first-order valence-electron chi connectivity index (χ1n) is 9.20. The molecule has 2 N–H and O–H groups in total. The minimum atomic E-state index is -0.0286. The number of ether oxygens (including phenoxy) is 1. The summed E-state index contributed by atoms with van der Waals surface area (Å²) in [4.78, 5) is 12.1. The Morgan fingerprint density at radius 1 is 1.25 bits per heavy atom. The van der Waals surface area contributed by atoms with E-state index in [9.17, 15) is 4.79 Å². The normalized spacial score (nSPS) is 14.1. The molecule has 1 aliphatic carbocycles. The second-order valence-electron chi connectivity index (χ2n) is 6.28. The number of benzene rings is 1. The van der Waals surface area contributed by atoms with E-state index in [4.69, 9.17) is 4.74 Å². The van der Waals surface area contributed by atoms with Gasteiger partial charge in [-0.15, -0.1) is 0 Å². The van der Waals surface area contributed by atoms with Crippen LogP contribution >= 0.6 is 0 Å². The first-order chi connectivity index (χ1) is 11.8. The van der Waals surface area contributed by atoms with Crippen molar-refractivity contribution in [2.45, 2.75) is 51.9 Å². The minimum Gasteiger partial charge on any atom is -0.491 e. The minimum absolute atomic E-state index is 0.0286. The first kappa shape index (κ1) is 18.5. The predicted octanol–water partition coefficient (Wildman–Crippen LogP) is 4.28. The molecule has 1 aliphatic rings. The van der Waals surface area contributed by atoms with Crippen LogP contribution in [0.25, 0.3) is 0 Å². The summed E-state index contributed by atoms with van der Waals surface area (Å²) < 4.78 is 5.74. The first-order valence-corrected chi connectivity index (χ1v) is 9.20. The molecule has 4 nitrogen and oxygen atoms in total. The Morgan fingerprint density at radius 3 is 2.92 bits per heavy atom. The monoisotopic (exact) mass is 330 g/mol. The molecule has 0 aromatic heterocycles. The SMILES string of the molecule is CCCCOc1ccccc1NC(=O)CNCCC1=CCCCC1. The molecule has 0 fully saturated rings. The zero-order chi connectivity index (χ0) is 17.0. The zero-order valence-electron chi connectivity index (χ0n) is 14.8. The number of hydrogen-bond donors (Lipinski definition) is 2. The molecule has 2 rings (SSSR count). The van der Waals surface area contributed by atoms with E-state index in [-0.39, 0.29) is 5.91 Å². The van der Waals surface area contributed by atoms with E-state index in [1.165, 1.54) is 31.3 Å². The number of anilines is 1. The van der Waals surface area contributed by atoms with Gasteiger partial charge >= 0.3 is 0 Å². The Kier molecular flexibility index (Phi) is 8.39. The van der Waals surface area contributed by atoms with E-state index in [1.807, 2.05) is 24.3 Å². The predicted molar refractivity (Wildman–Crippen MR) is 99.5 cm³/mol. The summed E-state index contributed by atoms with van der Waals surface area (Å²) in [6, 6.07) is 7.61. The van der Waals surface area contributed by atoms with Crippen LogP contribution in [0, 0.1) is 0 Å². The Labute approximate surface area is 145 Å². The highest BCUT2D eigenvalue weighted by molar-refractivity contribution is 5.93. The molecule has 1 aromatic rings. The molecule has 1 amide bonds. The zero-order valence-corrected chi connectivity index (χ0v) is 14.8. The van der Waals surface area contributed by atoms with Crippen LogP contribution in [0.2, 0.25) is 0 Å². The van der Waals surface area contributed by atoms with Gasteiger partial charge in [-0.3, -0.25) is 4.79 Å². The summed E-state index contributed by atoms with van der Waals surface area (Å²) in [5, 5.41) is 6.17. The molecule has 0 unspecified atom stereocenters. The Hall–Kier alpha value is -1.81. The van der Waals surface area contributed by atoms with Gasteiger partial charge in [0.25, 0.3) is 0 Å². The van der Waals surface area contributed by atoms with Crippen molar-refractivity contribution in [3.63, 3.8) is 0 Å². The molecular formula is C20H30N2O2. The molecule has 0 saturated carbocycles. The summed E-state index contributed by atoms with van der Waals surface area (Å²) >= 11 is 0. The highest BCUT2D eigenvalue weighted by Gasteiger charge is 2.08. The van der Waals surface area contributed by atoms with Crippen LogP contribution in [0.3, 0.4) is 0 Å². The van der Waals surface area contributed by atoms with Crippen molar-refractivity contribution < 1.29 is 9.53 Å². The number of allylic oxidation sites excluding steroid dienone is 1. The van der Waals surface area contributed by atoms with Gasteiger partial charge in [0.1, 0.15) is 5.75 Å². The second-order valence-corrected chi connectivity index (χ2v) is 6.28. The highest BCUT2D eigenvalue weighted by Crippen LogP contribution is 2.24. The van der Waals surface area contributed by atoms with E-state index in [0.717, 1.165) is 37.2 Å². The molecule has 0 saturated heterocycles. The van der Waals surface area contributed by atoms with Gasteiger partial charge in [0, 0.05) is 0 Å². The lowest BCUT2D eigenvalue weighted by Crippen LogP contribution is -2.29. The molecule has 24 heavy (non-hydrogen) atoms. The summed E-state index contributed by atoms with van der Waals surface area (Å²) in [6.07, 6.45) is 10.6. The van der Waals surface area contributed by atoms with Crippen LogP contribution in [-0.2, 0) is 4.79 Å². The van der Waals surface area contributed by atoms with E-state index in [1.54, 1.807) is 0 Å². The number of amides is 1. The summed E-state index contributed by atoms with van der Waals surface area (Å²) in [5.74, 6) is 0.714. The van der Waals surface area contributed by atoms with Crippen LogP contribution in [0.5, 0.6) is 5.75 Å². The fourth-order valence-electron chi connectivity index (χ4n) is 2.80. The molecular weight excluding hydrogens is 300 g/mol. The second kappa shape index (κ2) is 10.9. The fourth-order valence-corrected chi connectivity index (χ4v) is 2.80. The maximum atomic E-state index is 12.1. The lowest BCUT2D eigenvalue weighted by molar-refractivity contribution is -0.115. The van der Waals surface area contributed by atoms with Crippen molar-refractivity contribution in [1.82, 2.24) is 5.32 Å². The van der Waals surface area contributed by atoms with Crippen LogP contribution in [0.15, 0.2) is 35.9 Å². The maximum Gasteiger partial charge on any atom is 0.238 e. The highest BCUT2D eigenvalue weighted by atomic mass is 16.5. The lowest BCUT2D eigenvalue weighted by atomic mass is 9.97. The number of rotatable bonds is 10. The van der Waals surface area contributed by atoms with Crippen LogP contribution in [-0.4, -0.2) is 25.6 Å². The number of unbranched alkanes of at least 4 members (excludes halogenated alkanes) is 1. The molecule has 1 aromatic carbocycles. The topological polar surface area (TPSA) is 50.4 Å². The van der Waals surface area contributed by atoms with E-state index >= 15 is 0 Å². The standard InChI is InChI=1S/C20H30N2O2/c1-2-3-15-24-19-12-8-7-11-18(19)22-20(23)16-21-14-13-17-9-5-4-6-10-17/h7-9,11-12,21H,2-6,10,13-16H2,1H3,(H,22,23). The average molecular weight is 330 g/mol. The fraction of sp³-hybridized carbons (Fsp3) is 0.550. The number of para-hydroxylation sites is 2. The van der Waals surface area contributed by atoms with Gasteiger partial charge in [0.15, 0.2) is 0 Å². The van der Waals surface area contributed by atoms with Crippen molar-refractivity contribution >= 4 is 11.6 Å². The van der Waals surface area contributed by atoms with Crippen LogP contribution in [0.4, 0.5) is 5.69 Å². The third-order valence-electron chi connectivity index (χ3n) is 4.21. The van der Waals surface area contributed by atoms with Gasteiger partial charge in [-0.05, 0) is 57.2 Å². The van der Waals surface area contributed by atoms with E-state index in [2.05, 4.69) is 23.6 Å². The van der Waals surface area contributed by atoms with Gasteiger partial charge in [-0.25, -0.2) is 0 Å². The quantitative estimate of drug-likeness (QED) is 0.497. The molecule has 0 aliphatic heterocycles. The number of carbonyl (C=O) groups excluding carboxylic acids is 1. The average Bonchev–Trinajstić information content (AvgIpc) is 2.61. The van der Waals surface area contributed by atoms with Crippen molar-refractivity contribution in [1.29, 1.82) is 0 Å². The van der Waals surface area contributed by atoms with Gasteiger partial charge in [-0.2, -0.15) is 0 Å². The van der Waals surface area contributed by atoms with Crippen molar-refractivity contribution in [3.05, 3.63) is 35.9 Å². The van der Waals surface area contributed by atoms with E-state index < -0.39 is 0 Å². The Morgan fingerprint density at radius 2 is 2.12 bits per heavy atom. The van der Waals surface area contributed by atoms with Crippen molar-refractivity contribution in [2.75, 3.05) is 25.0 Å². The third kappa shape index (κ3) is 6.75. The van der Waals surface area contributed by atoms with Gasteiger partial charge in [0.05, 0.1) is 18.8 Å². The molecule has 0 heterocycles. The van der Waals surface area contributed by atoms with Gasteiger partial charge in [-0.1, -0.05) is 37.1 Å². The number of carbonyl (C=O) groups is 1. The summed E-state index contributed by atoms with van der Waals surface area (Å²) in [6.45, 7) is 3.99. The van der Waals surface area contributed by atoms with Gasteiger partial charge < -0.3 is 15.4 Å². The Bertz CT molecular complexity index is 540. The van der Waals surface area contributed by atoms with Crippen molar-refractivity contribution in [3.8, 4) is 5.75 Å². The maximum absolute atomic E-state index is 12.1. The molecule has 4 heteroatoms. The smallest absolute Gasteiger partial charge is 0.238 e. The molecule has 132 valence electrons. The van der Waals surface area contributed by atoms with Crippen LogP contribution < -0.4 is 15.4 Å². The lowest BCUT2D eigenvalue weighted by Gasteiger charge is -2.14. The Balaban J connectivity index is 1.70. The molecule has 0 atom stereocenters. The number of hydrogen-bond acceptors (Lipinski definition) is 3. The van der Waals surface area contributed by atoms with Gasteiger partial charge in [0.2, 0.25) is 5.91 Å². The molecule has 0 bridgehead atoms. The largest absolute Gasteiger partial charge is 0.491 e. The van der Waals surface area contributed by atoms with Crippen LogP contribution in [0.1, 0.15) is 51.9 Å². The summed E-state index contributed by atoms with van der Waals surface area (Å²) in [7, 11) is 0. The van der Waals surface area contributed by atoms with E-state index in [0.29, 0.717) is 13.2 Å². The number of nitrogens with one attached hydrogen (secondary N) is 2. The van der Waals surface area contributed by atoms with Crippen molar-refractivity contribution in [2.24, 2.45) is 0 Å².